The maximum absolute atomic E-state index is 11.0. The lowest BCUT2D eigenvalue weighted by Gasteiger charge is -2.09. The molecule has 0 atom stereocenters. The standard InChI is InChI=1S/C12H11BrN4O3/c1-20-11-4-8(2-3-15-11)5-16-12-9(13)6-14-7-10(12)17(18)19/h2-4,6-7H,5H2,1H3,(H,14,16). The number of nitro groups is 1. The van der Waals surface area contributed by atoms with E-state index < -0.39 is 4.92 Å². The van der Waals surface area contributed by atoms with E-state index in [4.69, 9.17) is 4.74 Å². The molecule has 1 N–H and O–H groups in total. The van der Waals surface area contributed by atoms with E-state index in [0.29, 0.717) is 22.6 Å². The number of halogens is 1. The lowest BCUT2D eigenvalue weighted by atomic mass is 10.2. The van der Waals surface area contributed by atoms with Crippen LogP contribution >= 0.6 is 15.9 Å². The fourth-order valence-corrected chi connectivity index (χ4v) is 2.06. The van der Waals surface area contributed by atoms with E-state index in [9.17, 15) is 10.1 Å². The van der Waals surface area contributed by atoms with Gasteiger partial charge in [0.2, 0.25) is 5.88 Å². The molecule has 7 nitrogen and oxygen atoms in total. The zero-order valence-electron chi connectivity index (χ0n) is 10.5. The van der Waals surface area contributed by atoms with E-state index in [1.165, 1.54) is 19.5 Å². The van der Waals surface area contributed by atoms with Crippen molar-refractivity contribution in [3.63, 3.8) is 0 Å². The monoisotopic (exact) mass is 338 g/mol. The molecule has 0 aromatic carbocycles. The highest BCUT2D eigenvalue weighted by atomic mass is 79.9. The van der Waals surface area contributed by atoms with E-state index in [1.807, 2.05) is 0 Å². The first kappa shape index (κ1) is 14.2. The Hall–Kier alpha value is -2.22. The Morgan fingerprint density at radius 3 is 3.00 bits per heavy atom. The normalized spacial score (nSPS) is 10.1. The molecule has 0 aliphatic rings. The zero-order chi connectivity index (χ0) is 14.5. The average Bonchev–Trinajstić information content (AvgIpc) is 2.45. The molecule has 2 aromatic rings. The van der Waals surface area contributed by atoms with Crippen LogP contribution in [-0.4, -0.2) is 22.0 Å². The van der Waals surface area contributed by atoms with Gasteiger partial charge in [0.1, 0.15) is 11.9 Å². The molecule has 2 aromatic heterocycles. The molecule has 0 unspecified atom stereocenters. The van der Waals surface area contributed by atoms with Gasteiger partial charge in [-0.15, -0.1) is 0 Å². The first-order valence-corrected chi connectivity index (χ1v) is 6.42. The van der Waals surface area contributed by atoms with Crippen LogP contribution in [0, 0.1) is 10.1 Å². The highest BCUT2D eigenvalue weighted by molar-refractivity contribution is 9.10. The number of nitrogens with zero attached hydrogens (tertiary/aromatic N) is 3. The molecule has 0 spiro atoms. The largest absolute Gasteiger partial charge is 0.481 e. The van der Waals surface area contributed by atoms with Crippen molar-refractivity contribution < 1.29 is 9.66 Å². The summed E-state index contributed by atoms with van der Waals surface area (Å²) >= 11 is 3.25. The van der Waals surface area contributed by atoms with Crippen molar-refractivity contribution in [1.29, 1.82) is 0 Å². The van der Waals surface area contributed by atoms with E-state index in [-0.39, 0.29) is 5.69 Å². The van der Waals surface area contributed by atoms with Crippen LogP contribution in [-0.2, 0) is 6.54 Å². The molecule has 0 amide bonds. The summed E-state index contributed by atoms with van der Waals surface area (Å²) in [7, 11) is 1.53. The van der Waals surface area contributed by atoms with Gasteiger partial charge in [0.15, 0.2) is 0 Å². The number of hydrogen-bond donors (Lipinski definition) is 1. The summed E-state index contributed by atoms with van der Waals surface area (Å²) in [4.78, 5) is 18.3. The number of hydrogen-bond acceptors (Lipinski definition) is 6. The van der Waals surface area contributed by atoms with Gasteiger partial charge in [-0.2, -0.15) is 0 Å². The van der Waals surface area contributed by atoms with Gasteiger partial charge in [-0.25, -0.2) is 4.98 Å². The summed E-state index contributed by atoms with van der Waals surface area (Å²) in [5, 5.41) is 14.0. The number of ether oxygens (including phenoxy) is 1. The number of methoxy groups -OCH3 is 1. The number of aromatic nitrogens is 2. The fourth-order valence-electron chi connectivity index (χ4n) is 1.60. The van der Waals surface area contributed by atoms with Crippen LogP contribution in [0.25, 0.3) is 0 Å². The molecule has 2 heterocycles. The fraction of sp³-hybridized carbons (Fsp3) is 0.167. The van der Waals surface area contributed by atoms with E-state index in [1.54, 1.807) is 18.3 Å². The Kier molecular flexibility index (Phi) is 4.46. The smallest absolute Gasteiger partial charge is 0.311 e. The van der Waals surface area contributed by atoms with Crippen molar-refractivity contribution in [3.8, 4) is 5.88 Å². The Labute approximate surface area is 123 Å². The molecule has 0 aliphatic heterocycles. The van der Waals surface area contributed by atoms with Crippen LogP contribution in [0.4, 0.5) is 11.4 Å². The molecular formula is C12H11BrN4O3. The van der Waals surface area contributed by atoms with Crippen LogP contribution in [0.1, 0.15) is 5.56 Å². The molecule has 20 heavy (non-hydrogen) atoms. The van der Waals surface area contributed by atoms with Gasteiger partial charge in [0, 0.05) is 25.0 Å². The number of nitrogens with one attached hydrogen (secondary N) is 1. The number of anilines is 1. The van der Waals surface area contributed by atoms with Crippen LogP contribution < -0.4 is 10.1 Å². The van der Waals surface area contributed by atoms with Crippen LogP contribution in [0.15, 0.2) is 35.2 Å². The Morgan fingerprint density at radius 1 is 1.50 bits per heavy atom. The summed E-state index contributed by atoms with van der Waals surface area (Å²) in [5.41, 5.74) is 1.20. The minimum atomic E-state index is -0.479. The van der Waals surface area contributed by atoms with Gasteiger partial charge >= 0.3 is 5.69 Å². The topological polar surface area (TPSA) is 90.2 Å². The van der Waals surface area contributed by atoms with Gasteiger partial charge in [-0.1, -0.05) is 0 Å². The second kappa shape index (κ2) is 6.29. The van der Waals surface area contributed by atoms with Gasteiger partial charge in [0.05, 0.1) is 16.5 Å². The highest BCUT2D eigenvalue weighted by Gasteiger charge is 2.16. The number of rotatable bonds is 5. The van der Waals surface area contributed by atoms with Crippen molar-refractivity contribution >= 4 is 27.3 Å². The minimum absolute atomic E-state index is 0.0830. The van der Waals surface area contributed by atoms with Gasteiger partial charge in [0.25, 0.3) is 0 Å². The van der Waals surface area contributed by atoms with Crippen LogP contribution in [0.3, 0.4) is 0 Å². The molecule has 0 bridgehead atoms. The van der Waals surface area contributed by atoms with Gasteiger partial charge < -0.3 is 10.1 Å². The molecule has 0 saturated heterocycles. The summed E-state index contributed by atoms with van der Waals surface area (Å²) in [5.74, 6) is 0.493. The van der Waals surface area contributed by atoms with Crippen molar-refractivity contribution in [2.75, 3.05) is 12.4 Å². The third-order valence-electron chi connectivity index (χ3n) is 2.55. The first-order valence-electron chi connectivity index (χ1n) is 5.62. The summed E-state index contributed by atoms with van der Waals surface area (Å²) in [6.07, 6.45) is 4.33. The maximum atomic E-state index is 11.0. The van der Waals surface area contributed by atoms with Crippen molar-refractivity contribution in [1.82, 2.24) is 9.97 Å². The predicted octanol–water partition coefficient (Wildman–Crippen LogP) is 2.77. The molecule has 8 heteroatoms. The maximum Gasteiger partial charge on any atom is 0.311 e. The summed E-state index contributed by atoms with van der Waals surface area (Å²) in [6.45, 7) is 0.405. The summed E-state index contributed by atoms with van der Waals surface area (Å²) in [6, 6.07) is 3.56. The molecule has 0 radical (unpaired) electrons. The molecule has 2 rings (SSSR count). The zero-order valence-corrected chi connectivity index (χ0v) is 12.1. The predicted molar refractivity (Wildman–Crippen MR) is 76.7 cm³/mol. The van der Waals surface area contributed by atoms with Gasteiger partial charge in [-0.05, 0) is 27.6 Å². The molecule has 0 saturated carbocycles. The lowest BCUT2D eigenvalue weighted by Crippen LogP contribution is -2.04. The summed E-state index contributed by atoms with van der Waals surface area (Å²) < 4.78 is 5.56. The molecule has 0 aliphatic carbocycles. The van der Waals surface area contributed by atoms with Crippen molar-refractivity contribution in [2.45, 2.75) is 6.54 Å². The van der Waals surface area contributed by atoms with Gasteiger partial charge in [-0.3, -0.25) is 15.1 Å². The van der Waals surface area contributed by atoms with Crippen LogP contribution in [0.2, 0.25) is 0 Å². The highest BCUT2D eigenvalue weighted by Crippen LogP contribution is 2.31. The second-order valence-electron chi connectivity index (χ2n) is 3.83. The van der Waals surface area contributed by atoms with E-state index in [2.05, 4.69) is 31.2 Å². The average molecular weight is 339 g/mol. The SMILES string of the molecule is COc1cc(CNc2c(Br)cncc2[N+](=O)[O-])ccn1. The van der Waals surface area contributed by atoms with E-state index in [0.717, 1.165) is 5.56 Å². The lowest BCUT2D eigenvalue weighted by molar-refractivity contribution is -0.384. The second-order valence-corrected chi connectivity index (χ2v) is 4.69. The third-order valence-corrected chi connectivity index (χ3v) is 3.16. The molecule has 104 valence electrons. The quantitative estimate of drug-likeness (QED) is 0.665. The molecular weight excluding hydrogens is 328 g/mol. The first-order chi connectivity index (χ1) is 9.61. The van der Waals surface area contributed by atoms with Crippen molar-refractivity contribution in [3.05, 3.63) is 50.9 Å². The molecule has 0 fully saturated rings. The van der Waals surface area contributed by atoms with Crippen molar-refractivity contribution in [2.24, 2.45) is 0 Å². The number of pyridine rings is 2. The van der Waals surface area contributed by atoms with Crippen LogP contribution in [0.5, 0.6) is 5.88 Å². The Balaban J connectivity index is 2.20. The minimum Gasteiger partial charge on any atom is -0.481 e. The Bertz CT molecular complexity index is 636. The third kappa shape index (κ3) is 3.21. The van der Waals surface area contributed by atoms with E-state index >= 15 is 0 Å². The Morgan fingerprint density at radius 2 is 2.30 bits per heavy atom.